The number of thioether (sulfide) groups is 1. The van der Waals surface area contributed by atoms with Crippen molar-refractivity contribution in [1.29, 1.82) is 0 Å². The molecule has 0 aliphatic carbocycles. The van der Waals surface area contributed by atoms with Crippen LogP contribution in [0.15, 0.2) is 0 Å². The molecule has 0 saturated carbocycles. The van der Waals surface area contributed by atoms with Gasteiger partial charge in [0, 0.05) is 17.6 Å². The Hall–Kier alpha value is 0.310. The highest BCUT2D eigenvalue weighted by Crippen LogP contribution is 2.22. The maximum absolute atomic E-state index is 4.92. The lowest BCUT2D eigenvalue weighted by molar-refractivity contribution is 0.218. The molecule has 9 heavy (non-hydrogen) atoms. The first-order chi connectivity index (χ1) is 4.06. The summed E-state index contributed by atoms with van der Waals surface area (Å²) in [5.74, 6) is 1.10. The molecule has 0 aliphatic rings. The topological polar surface area (TPSA) is 9.23 Å². The Morgan fingerprint density at radius 2 is 1.89 bits per heavy atom. The van der Waals surface area contributed by atoms with E-state index >= 15 is 0 Å². The molecule has 0 aromatic rings. The molecule has 0 radical (unpaired) electrons. The molecule has 0 N–H and O–H groups in total. The molecule has 0 aliphatic heterocycles. The smallest absolute Gasteiger partial charge is 0.0553 e. The maximum atomic E-state index is 4.92. The van der Waals surface area contributed by atoms with Crippen molar-refractivity contribution in [1.82, 2.24) is 0 Å². The summed E-state index contributed by atoms with van der Waals surface area (Å²) in [4.78, 5) is 0. The number of methoxy groups -OCH3 is 1. The normalized spacial score (nSPS) is 12.0. The molecule has 0 saturated heterocycles. The molecule has 56 valence electrons. The standard InChI is InChI=1S/C7H16OS/c1-7(2,3)9-6-5-8-4/h5-6H2,1-4H3. The van der Waals surface area contributed by atoms with Crippen molar-refractivity contribution in [2.45, 2.75) is 25.5 Å². The third-order valence-corrected chi connectivity index (χ3v) is 2.06. The molecule has 0 bridgehead atoms. The minimum atomic E-state index is 0.387. The summed E-state index contributed by atoms with van der Waals surface area (Å²) in [5.41, 5.74) is 0. The van der Waals surface area contributed by atoms with Gasteiger partial charge in [-0.1, -0.05) is 20.8 Å². The van der Waals surface area contributed by atoms with Crippen molar-refractivity contribution in [2.75, 3.05) is 19.5 Å². The van der Waals surface area contributed by atoms with E-state index < -0.39 is 0 Å². The second-order valence-electron chi connectivity index (χ2n) is 2.95. The van der Waals surface area contributed by atoms with Gasteiger partial charge in [0.15, 0.2) is 0 Å². The van der Waals surface area contributed by atoms with Gasteiger partial charge < -0.3 is 4.74 Å². The van der Waals surface area contributed by atoms with E-state index in [1.807, 2.05) is 11.8 Å². The molecular formula is C7H16OS. The molecule has 2 heteroatoms. The van der Waals surface area contributed by atoms with E-state index in [0.29, 0.717) is 4.75 Å². The third kappa shape index (κ3) is 8.31. The van der Waals surface area contributed by atoms with Crippen LogP contribution in [0.3, 0.4) is 0 Å². The lowest BCUT2D eigenvalue weighted by Crippen LogP contribution is -2.09. The van der Waals surface area contributed by atoms with Gasteiger partial charge in [-0.25, -0.2) is 0 Å². The first kappa shape index (κ1) is 9.31. The molecule has 0 atom stereocenters. The molecular weight excluding hydrogens is 132 g/mol. The predicted molar refractivity (Wildman–Crippen MR) is 44.1 cm³/mol. The molecule has 0 aromatic carbocycles. The first-order valence-electron chi connectivity index (χ1n) is 3.19. The van der Waals surface area contributed by atoms with Crippen molar-refractivity contribution >= 4 is 11.8 Å². The van der Waals surface area contributed by atoms with Crippen molar-refractivity contribution in [2.24, 2.45) is 0 Å². The number of rotatable bonds is 3. The summed E-state index contributed by atoms with van der Waals surface area (Å²) in [7, 11) is 1.74. The van der Waals surface area contributed by atoms with Gasteiger partial charge in [-0.15, -0.1) is 0 Å². The zero-order valence-electron chi connectivity index (χ0n) is 6.73. The van der Waals surface area contributed by atoms with Crippen LogP contribution in [0, 0.1) is 0 Å². The molecule has 0 heterocycles. The fraction of sp³-hybridized carbons (Fsp3) is 1.00. The van der Waals surface area contributed by atoms with Gasteiger partial charge in [0.25, 0.3) is 0 Å². The Bertz CT molecular complexity index is 65.8. The summed E-state index contributed by atoms with van der Waals surface area (Å²) in [6.07, 6.45) is 0. The molecule has 0 amide bonds. The van der Waals surface area contributed by atoms with Crippen molar-refractivity contribution in [3.8, 4) is 0 Å². The number of hydrogen-bond donors (Lipinski definition) is 0. The van der Waals surface area contributed by atoms with Crippen LogP contribution in [-0.2, 0) is 4.74 Å². The SMILES string of the molecule is COCCSC(C)(C)C. The van der Waals surface area contributed by atoms with Crippen molar-refractivity contribution < 1.29 is 4.74 Å². The van der Waals surface area contributed by atoms with E-state index in [-0.39, 0.29) is 0 Å². The molecule has 0 spiro atoms. The Labute approximate surface area is 62.2 Å². The largest absolute Gasteiger partial charge is 0.384 e. The maximum Gasteiger partial charge on any atom is 0.0553 e. The van der Waals surface area contributed by atoms with E-state index in [2.05, 4.69) is 20.8 Å². The van der Waals surface area contributed by atoms with E-state index in [1.165, 1.54) is 0 Å². The summed E-state index contributed by atoms with van der Waals surface area (Å²) in [6, 6.07) is 0. The Balaban J connectivity index is 3.07. The molecule has 0 unspecified atom stereocenters. The second-order valence-corrected chi connectivity index (χ2v) is 4.88. The quantitative estimate of drug-likeness (QED) is 0.567. The summed E-state index contributed by atoms with van der Waals surface area (Å²) in [5, 5.41) is 0. The fourth-order valence-corrected chi connectivity index (χ4v) is 1.29. The van der Waals surface area contributed by atoms with Crippen LogP contribution in [0.2, 0.25) is 0 Å². The van der Waals surface area contributed by atoms with E-state index in [4.69, 9.17) is 4.74 Å². The third-order valence-electron chi connectivity index (χ3n) is 0.823. The van der Waals surface area contributed by atoms with Crippen molar-refractivity contribution in [3.05, 3.63) is 0 Å². The Morgan fingerprint density at radius 3 is 2.22 bits per heavy atom. The van der Waals surface area contributed by atoms with Gasteiger partial charge in [-0.2, -0.15) is 11.8 Å². The lowest BCUT2D eigenvalue weighted by atomic mass is 10.3. The number of ether oxygens (including phenoxy) is 1. The number of hydrogen-bond acceptors (Lipinski definition) is 2. The molecule has 1 nitrogen and oxygen atoms in total. The highest BCUT2D eigenvalue weighted by molar-refractivity contribution is 8.00. The van der Waals surface area contributed by atoms with Gasteiger partial charge in [0.2, 0.25) is 0 Å². The highest BCUT2D eigenvalue weighted by Gasteiger charge is 2.08. The molecule has 0 fully saturated rings. The van der Waals surface area contributed by atoms with Crippen LogP contribution in [0.25, 0.3) is 0 Å². The minimum absolute atomic E-state index is 0.387. The van der Waals surface area contributed by atoms with Gasteiger partial charge in [-0.05, 0) is 0 Å². The summed E-state index contributed by atoms with van der Waals surface area (Å²) >= 11 is 1.93. The van der Waals surface area contributed by atoms with Gasteiger partial charge >= 0.3 is 0 Å². The molecule has 0 aromatic heterocycles. The van der Waals surface area contributed by atoms with Gasteiger partial charge in [0.1, 0.15) is 0 Å². The van der Waals surface area contributed by atoms with Gasteiger partial charge in [-0.3, -0.25) is 0 Å². The van der Waals surface area contributed by atoms with Crippen LogP contribution in [0.1, 0.15) is 20.8 Å². The average molecular weight is 148 g/mol. The zero-order valence-corrected chi connectivity index (χ0v) is 7.55. The minimum Gasteiger partial charge on any atom is -0.384 e. The Kier molecular flexibility index (Phi) is 4.32. The van der Waals surface area contributed by atoms with E-state index in [9.17, 15) is 0 Å². The van der Waals surface area contributed by atoms with Crippen LogP contribution >= 0.6 is 11.8 Å². The zero-order chi connectivity index (χ0) is 7.33. The van der Waals surface area contributed by atoms with Crippen LogP contribution in [0.5, 0.6) is 0 Å². The monoisotopic (exact) mass is 148 g/mol. The first-order valence-corrected chi connectivity index (χ1v) is 4.18. The summed E-state index contributed by atoms with van der Waals surface area (Å²) in [6.45, 7) is 7.51. The van der Waals surface area contributed by atoms with Crippen LogP contribution in [-0.4, -0.2) is 24.2 Å². The predicted octanol–water partition coefficient (Wildman–Crippen LogP) is 2.16. The van der Waals surface area contributed by atoms with E-state index in [0.717, 1.165) is 12.4 Å². The van der Waals surface area contributed by atoms with E-state index in [1.54, 1.807) is 7.11 Å². The lowest BCUT2D eigenvalue weighted by Gasteiger charge is -2.16. The van der Waals surface area contributed by atoms with Crippen LogP contribution < -0.4 is 0 Å². The highest BCUT2D eigenvalue weighted by atomic mass is 32.2. The Morgan fingerprint density at radius 1 is 1.33 bits per heavy atom. The average Bonchev–Trinajstić information content (AvgIpc) is 1.63. The van der Waals surface area contributed by atoms with Gasteiger partial charge in [0.05, 0.1) is 6.61 Å². The molecule has 0 rings (SSSR count). The fourth-order valence-electron chi connectivity index (χ4n) is 0.431. The van der Waals surface area contributed by atoms with Crippen molar-refractivity contribution in [3.63, 3.8) is 0 Å². The van der Waals surface area contributed by atoms with Crippen LogP contribution in [0.4, 0.5) is 0 Å². The second kappa shape index (κ2) is 4.18. The summed E-state index contributed by atoms with van der Waals surface area (Å²) < 4.78 is 5.30.